The summed E-state index contributed by atoms with van der Waals surface area (Å²) in [5.41, 5.74) is 0.401. The van der Waals surface area contributed by atoms with E-state index in [1.54, 1.807) is 19.2 Å². The van der Waals surface area contributed by atoms with Gasteiger partial charge in [0.1, 0.15) is 0 Å². The van der Waals surface area contributed by atoms with Gasteiger partial charge in [-0.3, -0.25) is 14.6 Å². The number of aromatic nitrogens is 1. The Morgan fingerprint density at radius 2 is 2.14 bits per heavy atom. The van der Waals surface area contributed by atoms with Gasteiger partial charge in [0, 0.05) is 23.4 Å². The maximum Gasteiger partial charge on any atom is 0.310 e. The number of amides is 1. The van der Waals surface area contributed by atoms with Crippen LogP contribution in [0.1, 0.15) is 30.6 Å². The summed E-state index contributed by atoms with van der Waals surface area (Å²) in [6, 6.07) is 1.30. The summed E-state index contributed by atoms with van der Waals surface area (Å²) >= 11 is 3.28. The molecule has 0 spiro atoms. The molecule has 7 heteroatoms. The fourth-order valence-corrected chi connectivity index (χ4v) is 2.48. The third kappa shape index (κ3) is 4.78. The highest BCUT2D eigenvalue weighted by molar-refractivity contribution is 9.10. The summed E-state index contributed by atoms with van der Waals surface area (Å²) in [4.78, 5) is 29.8. The lowest BCUT2D eigenvalue weighted by Gasteiger charge is -2.31. The molecule has 122 valence electrons. The van der Waals surface area contributed by atoms with Gasteiger partial charge in [0.15, 0.2) is 0 Å². The first-order chi connectivity index (χ1) is 10.4. The summed E-state index contributed by atoms with van der Waals surface area (Å²) in [5.74, 6) is -1.14. The van der Waals surface area contributed by atoms with Gasteiger partial charge >= 0.3 is 5.97 Å². The van der Waals surface area contributed by atoms with Gasteiger partial charge < -0.3 is 14.7 Å². The molecule has 1 heterocycles. The maximum absolute atomic E-state index is 12.7. The minimum atomic E-state index is -0.477. The predicted molar refractivity (Wildman–Crippen MR) is 85.3 cm³/mol. The number of hydrogen-bond acceptors (Lipinski definition) is 5. The van der Waals surface area contributed by atoms with E-state index in [0.29, 0.717) is 16.5 Å². The van der Waals surface area contributed by atoms with Crippen molar-refractivity contribution in [2.24, 2.45) is 5.92 Å². The monoisotopic (exact) mass is 372 g/mol. The maximum atomic E-state index is 12.7. The Morgan fingerprint density at radius 1 is 1.45 bits per heavy atom. The molecule has 2 unspecified atom stereocenters. The smallest absolute Gasteiger partial charge is 0.310 e. The van der Waals surface area contributed by atoms with Gasteiger partial charge in [-0.05, 0) is 28.4 Å². The topological polar surface area (TPSA) is 79.7 Å². The first-order valence-electron chi connectivity index (χ1n) is 7.04. The van der Waals surface area contributed by atoms with Crippen LogP contribution in [-0.2, 0) is 9.53 Å². The van der Waals surface area contributed by atoms with Crippen LogP contribution in [0.2, 0.25) is 0 Å². The van der Waals surface area contributed by atoms with E-state index in [1.165, 1.54) is 18.2 Å². The second-order valence-electron chi connectivity index (χ2n) is 5.02. The largest absolute Gasteiger partial charge is 0.469 e. The molecule has 1 aromatic heterocycles. The van der Waals surface area contributed by atoms with Crippen LogP contribution in [0.25, 0.3) is 0 Å². The highest BCUT2D eigenvalue weighted by atomic mass is 79.9. The molecule has 1 amide bonds. The average Bonchev–Trinajstić information content (AvgIpc) is 2.53. The summed E-state index contributed by atoms with van der Waals surface area (Å²) in [6.07, 6.45) is 3.63. The van der Waals surface area contributed by atoms with E-state index in [4.69, 9.17) is 4.74 Å². The molecule has 0 saturated heterocycles. The Morgan fingerprint density at radius 3 is 2.64 bits per heavy atom. The zero-order valence-corrected chi connectivity index (χ0v) is 14.5. The van der Waals surface area contributed by atoms with E-state index in [2.05, 4.69) is 20.9 Å². The highest BCUT2D eigenvalue weighted by Crippen LogP contribution is 2.16. The molecule has 1 N–H and O–H groups in total. The van der Waals surface area contributed by atoms with Crippen LogP contribution >= 0.6 is 15.9 Å². The summed E-state index contributed by atoms with van der Waals surface area (Å²) in [5, 5.41) is 9.52. The van der Waals surface area contributed by atoms with Gasteiger partial charge in [-0.2, -0.15) is 0 Å². The number of methoxy groups -OCH3 is 1. The van der Waals surface area contributed by atoms with Crippen molar-refractivity contribution in [1.82, 2.24) is 9.88 Å². The fraction of sp³-hybridized carbons (Fsp3) is 0.533. The minimum Gasteiger partial charge on any atom is -0.469 e. The lowest BCUT2D eigenvalue weighted by atomic mass is 10.1. The van der Waals surface area contributed by atoms with Gasteiger partial charge in [0.05, 0.1) is 31.2 Å². The van der Waals surface area contributed by atoms with Crippen LogP contribution in [0.4, 0.5) is 0 Å². The number of aliphatic hydroxyl groups is 1. The lowest BCUT2D eigenvalue weighted by molar-refractivity contribution is -0.145. The molecular weight excluding hydrogens is 352 g/mol. The molecule has 0 saturated carbocycles. The number of rotatable bonds is 7. The molecule has 0 bridgehead atoms. The van der Waals surface area contributed by atoms with Crippen LogP contribution in [0.3, 0.4) is 0 Å². The summed E-state index contributed by atoms with van der Waals surface area (Å²) < 4.78 is 5.40. The van der Waals surface area contributed by atoms with Crippen molar-refractivity contribution in [1.29, 1.82) is 0 Å². The Labute approximate surface area is 138 Å². The van der Waals surface area contributed by atoms with E-state index < -0.39 is 11.9 Å². The van der Waals surface area contributed by atoms with E-state index in [1.807, 2.05) is 6.92 Å². The first-order valence-corrected chi connectivity index (χ1v) is 7.84. The van der Waals surface area contributed by atoms with E-state index in [-0.39, 0.29) is 25.1 Å². The van der Waals surface area contributed by atoms with Crippen molar-refractivity contribution < 1.29 is 19.4 Å². The number of pyridine rings is 1. The third-order valence-corrected chi connectivity index (χ3v) is 3.84. The summed E-state index contributed by atoms with van der Waals surface area (Å²) in [7, 11) is 1.31. The second-order valence-corrected chi connectivity index (χ2v) is 5.93. The number of carbonyl (C=O) groups is 2. The van der Waals surface area contributed by atoms with Crippen LogP contribution in [0.15, 0.2) is 22.9 Å². The minimum absolute atomic E-state index is 0.169. The number of ether oxygens (including phenoxy) is 1. The molecule has 0 aliphatic heterocycles. The van der Waals surface area contributed by atoms with Gasteiger partial charge in [-0.1, -0.05) is 13.8 Å². The van der Waals surface area contributed by atoms with E-state index >= 15 is 0 Å². The lowest BCUT2D eigenvalue weighted by Crippen LogP contribution is -2.45. The molecule has 6 nitrogen and oxygen atoms in total. The normalized spacial score (nSPS) is 13.3. The van der Waals surface area contributed by atoms with Crippen molar-refractivity contribution in [2.45, 2.75) is 26.3 Å². The molecule has 2 atom stereocenters. The van der Waals surface area contributed by atoms with Crippen molar-refractivity contribution in [3.8, 4) is 0 Å². The molecular formula is C15H21BrN2O4. The molecule has 0 aliphatic rings. The Kier molecular flexibility index (Phi) is 7.47. The molecule has 1 aromatic rings. The fourth-order valence-electron chi connectivity index (χ4n) is 2.11. The number of esters is 1. The number of hydrogen-bond donors (Lipinski definition) is 1. The van der Waals surface area contributed by atoms with Gasteiger partial charge in [-0.15, -0.1) is 0 Å². The second kappa shape index (κ2) is 8.85. The average molecular weight is 373 g/mol. The molecule has 0 radical (unpaired) electrons. The van der Waals surface area contributed by atoms with Crippen LogP contribution in [-0.4, -0.2) is 53.2 Å². The Hall–Kier alpha value is -1.47. The van der Waals surface area contributed by atoms with Crippen molar-refractivity contribution >= 4 is 27.8 Å². The highest BCUT2D eigenvalue weighted by Gasteiger charge is 2.27. The number of halogens is 1. The van der Waals surface area contributed by atoms with E-state index in [9.17, 15) is 14.7 Å². The van der Waals surface area contributed by atoms with Crippen LogP contribution in [0.5, 0.6) is 0 Å². The van der Waals surface area contributed by atoms with Crippen molar-refractivity contribution in [3.63, 3.8) is 0 Å². The first kappa shape index (κ1) is 18.6. The van der Waals surface area contributed by atoms with Crippen molar-refractivity contribution in [3.05, 3.63) is 28.5 Å². The van der Waals surface area contributed by atoms with Gasteiger partial charge in [-0.25, -0.2) is 0 Å². The molecule has 1 rings (SSSR count). The van der Waals surface area contributed by atoms with Crippen LogP contribution in [0, 0.1) is 5.92 Å². The predicted octanol–water partition coefficient (Wildman–Crippen LogP) is 1.87. The molecule has 22 heavy (non-hydrogen) atoms. The number of nitrogens with zero attached hydrogens (tertiary/aromatic N) is 2. The quantitative estimate of drug-likeness (QED) is 0.739. The zero-order valence-electron chi connectivity index (χ0n) is 13.0. The molecule has 0 aromatic carbocycles. The third-order valence-electron chi connectivity index (χ3n) is 3.41. The molecule has 0 aliphatic carbocycles. The standard InChI is InChI=1S/C15H21BrN2O4/c1-4-13(9-19)18(8-10(2)15(21)22-3)14(20)11-5-12(16)7-17-6-11/h5-7,10,13,19H,4,8-9H2,1-3H3. The van der Waals surface area contributed by atoms with Crippen molar-refractivity contribution in [2.75, 3.05) is 20.3 Å². The van der Waals surface area contributed by atoms with Crippen LogP contribution < -0.4 is 0 Å². The van der Waals surface area contributed by atoms with Gasteiger partial charge in [0.2, 0.25) is 0 Å². The Balaban J connectivity index is 3.04. The van der Waals surface area contributed by atoms with E-state index in [0.717, 1.165) is 0 Å². The number of carbonyl (C=O) groups excluding carboxylic acids is 2. The molecule has 0 fully saturated rings. The SMILES string of the molecule is CCC(CO)N(CC(C)C(=O)OC)C(=O)c1cncc(Br)c1. The van der Waals surface area contributed by atoms with Gasteiger partial charge in [0.25, 0.3) is 5.91 Å². The number of aliphatic hydroxyl groups excluding tert-OH is 1. The Bertz CT molecular complexity index is 520. The zero-order chi connectivity index (χ0) is 16.7. The summed E-state index contributed by atoms with van der Waals surface area (Å²) in [6.45, 7) is 3.58.